The maximum Gasteiger partial charge on any atom is 0.405 e. The molecule has 0 bridgehead atoms. The summed E-state index contributed by atoms with van der Waals surface area (Å²) in [5, 5.41) is 18.1. The third kappa shape index (κ3) is 2.30. The van der Waals surface area contributed by atoms with Crippen LogP contribution in [0.4, 0.5) is 4.79 Å². The second-order valence-electron chi connectivity index (χ2n) is 3.17. The number of carbonyl (C=O) groups is 1. The van der Waals surface area contributed by atoms with Crippen molar-refractivity contribution >= 4 is 17.9 Å². The number of ether oxygens (including phenoxy) is 1. The van der Waals surface area contributed by atoms with Gasteiger partial charge in [0.1, 0.15) is 0 Å². The predicted octanol–water partition coefficient (Wildman–Crippen LogP) is 0.232. The molecule has 1 saturated heterocycles. The van der Waals surface area contributed by atoms with Gasteiger partial charge in [-0.15, -0.1) is 0 Å². The Bertz CT molecular complexity index is 258. The monoisotopic (exact) mass is 216 g/mol. The van der Waals surface area contributed by atoms with Crippen LogP contribution in [-0.4, -0.2) is 34.4 Å². The number of nitriles is 1. The van der Waals surface area contributed by atoms with Crippen molar-refractivity contribution in [2.75, 3.05) is 11.5 Å². The van der Waals surface area contributed by atoms with Gasteiger partial charge in [-0.25, -0.2) is 4.79 Å². The molecule has 1 aliphatic heterocycles. The molecule has 3 N–H and O–H groups in total. The SMILES string of the molecule is N#CC(O)C1(OC(N)=O)CCCSC1. The Kier molecular flexibility index (Phi) is 3.61. The normalized spacial score (nSPS) is 28.9. The van der Waals surface area contributed by atoms with Gasteiger partial charge < -0.3 is 15.6 Å². The number of carbonyl (C=O) groups excluding carboxylic acids is 1. The van der Waals surface area contributed by atoms with Crippen molar-refractivity contribution in [1.82, 2.24) is 0 Å². The fourth-order valence-corrected chi connectivity index (χ4v) is 2.66. The zero-order chi connectivity index (χ0) is 10.6. The van der Waals surface area contributed by atoms with Gasteiger partial charge in [-0.05, 0) is 18.6 Å². The number of rotatable bonds is 2. The minimum absolute atomic E-state index is 0.421. The number of amides is 1. The summed E-state index contributed by atoms with van der Waals surface area (Å²) in [6.45, 7) is 0. The zero-order valence-corrected chi connectivity index (χ0v) is 8.42. The summed E-state index contributed by atoms with van der Waals surface area (Å²) in [5.74, 6) is 1.37. The fraction of sp³-hybridized carbons (Fsp3) is 0.750. The van der Waals surface area contributed by atoms with Crippen molar-refractivity contribution in [2.45, 2.75) is 24.5 Å². The van der Waals surface area contributed by atoms with E-state index >= 15 is 0 Å². The van der Waals surface area contributed by atoms with Gasteiger partial charge >= 0.3 is 6.09 Å². The first kappa shape index (κ1) is 11.1. The highest BCUT2D eigenvalue weighted by atomic mass is 32.2. The van der Waals surface area contributed by atoms with Gasteiger partial charge in [0.15, 0.2) is 11.7 Å². The highest BCUT2D eigenvalue weighted by Crippen LogP contribution is 2.32. The van der Waals surface area contributed by atoms with Crippen molar-refractivity contribution in [3.8, 4) is 6.07 Å². The average molecular weight is 216 g/mol. The summed E-state index contributed by atoms with van der Waals surface area (Å²) in [6.07, 6.45) is -0.960. The van der Waals surface area contributed by atoms with E-state index in [1.807, 2.05) is 0 Å². The lowest BCUT2D eigenvalue weighted by atomic mass is 9.93. The van der Waals surface area contributed by atoms with Crippen LogP contribution in [0.5, 0.6) is 0 Å². The lowest BCUT2D eigenvalue weighted by Crippen LogP contribution is -2.50. The quantitative estimate of drug-likeness (QED) is 0.644. The summed E-state index contributed by atoms with van der Waals surface area (Å²) >= 11 is 1.54. The van der Waals surface area contributed by atoms with Crippen molar-refractivity contribution in [3.63, 3.8) is 0 Å². The number of nitrogens with two attached hydrogens (primary N) is 1. The van der Waals surface area contributed by atoms with Crippen LogP contribution in [0.1, 0.15) is 12.8 Å². The summed E-state index contributed by atoms with van der Waals surface area (Å²) in [4.78, 5) is 10.7. The van der Waals surface area contributed by atoms with Crippen LogP contribution in [0, 0.1) is 11.3 Å². The van der Waals surface area contributed by atoms with Gasteiger partial charge in [-0.2, -0.15) is 17.0 Å². The van der Waals surface area contributed by atoms with Gasteiger partial charge in [-0.1, -0.05) is 0 Å². The molecule has 2 unspecified atom stereocenters. The molecule has 0 aromatic heterocycles. The fourth-order valence-electron chi connectivity index (χ4n) is 1.46. The molecule has 1 aliphatic rings. The maximum atomic E-state index is 10.7. The van der Waals surface area contributed by atoms with Gasteiger partial charge in [0.2, 0.25) is 0 Å². The molecule has 0 aromatic carbocycles. The molecule has 78 valence electrons. The summed E-state index contributed by atoms with van der Waals surface area (Å²) in [5.41, 5.74) is 3.80. The van der Waals surface area contributed by atoms with E-state index in [4.69, 9.17) is 15.7 Å². The van der Waals surface area contributed by atoms with Crippen molar-refractivity contribution < 1.29 is 14.6 Å². The van der Waals surface area contributed by atoms with E-state index in [1.165, 1.54) is 0 Å². The van der Waals surface area contributed by atoms with E-state index in [1.54, 1.807) is 17.8 Å². The van der Waals surface area contributed by atoms with Gasteiger partial charge in [0, 0.05) is 5.75 Å². The van der Waals surface area contributed by atoms with E-state index in [9.17, 15) is 9.90 Å². The molecule has 1 heterocycles. The largest absolute Gasteiger partial charge is 0.438 e. The Labute approximate surface area is 86.2 Å². The molecule has 0 aliphatic carbocycles. The Morgan fingerprint density at radius 2 is 2.50 bits per heavy atom. The number of aliphatic hydroxyl groups is 1. The number of nitrogens with zero attached hydrogens (tertiary/aromatic N) is 1. The van der Waals surface area contributed by atoms with E-state index in [0.29, 0.717) is 12.2 Å². The van der Waals surface area contributed by atoms with Crippen LogP contribution in [0.15, 0.2) is 0 Å². The van der Waals surface area contributed by atoms with Gasteiger partial charge in [-0.3, -0.25) is 0 Å². The van der Waals surface area contributed by atoms with Crippen LogP contribution >= 0.6 is 11.8 Å². The zero-order valence-electron chi connectivity index (χ0n) is 7.60. The smallest absolute Gasteiger partial charge is 0.405 e. The second kappa shape index (κ2) is 4.53. The third-order valence-corrected chi connectivity index (χ3v) is 3.43. The summed E-state index contributed by atoms with van der Waals surface area (Å²) in [7, 11) is 0. The first-order chi connectivity index (χ1) is 6.60. The van der Waals surface area contributed by atoms with E-state index in [2.05, 4.69) is 0 Å². The number of thioether (sulfide) groups is 1. The molecule has 1 fully saturated rings. The van der Waals surface area contributed by atoms with Crippen LogP contribution in [0.3, 0.4) is 0 Å². The Morgan fingerprint density at radius 1 is 1.79 bits per heavy atom. The van der Waals surface area contributed by atoms with Crippen molar-refractivity contribution in [3.05, 3.63) is 0 Å². The predicted molar refractivity (Wildman–Crippen MR) is 51.6 cm³/mol. The molecule has 14 heavy (non-hydrogen) atoms. The highest BCUT2D eigenvalue weighted by molar-refractivity contribution is 7.99. The molecule has 2 atom stereocenters. The van der Waals surface area contributed by atoms with Crippen LogP contribution in [-0.2, 0) is 4.74 Å². The molecule has 6 heteroatoms. The lowest BCUT2D eigenvalue weighted by Gasteiger charge is -2.36. The number of hydrogen-bond acceptors (Lipinski definition) is 5. The molecular formula is C8H12N2O3S. The van der Waals surface area contributed by atoms with E-state index in [0.717, 1.165) is 12.2 Å². The Balaban J connectivity index is 2.77. The molecular weight excluding hydrogens is 204 g/mol. The molecule has 1 rings (SSSR count). The van der Waals surface area contributed by atoms with E-state index < -0.39 is 17.8 Å². The number of primary amides is 1. The lowest BCUT2D eigenvalue weighted by molar-refractivity contribution is -0.0465. The van der Waals surface area contributed by atoms with E-state index in [-0.39, 0.29) is 0 Å². The molecule has 0 spiro atoms. The number of aliphatic hydroxyl groups excluding tert-OH is 1. The average Bonchev–Trinajstić information content (AvgIpc) is 2.17. The van der Waals surface area contributed by atoms with Crippen molar-refractivity contribution in [2.24, 2.45) is 5.73 Å². The van der Waals surface area contributed by atoms with Gasteiger partial charge in [0.05, 0.1) is 6.07 Å². The summed E-state index contributed by atoms with van der Waals surface area (Å²) in [6, 6.07) is 1.69. The number of hydrogen-bond donors (Lipinski definition) is 2. The molecule has 0 radical (unpaired) electrons. The van der Waals surface area contributed by atoms with Gasteiger partial charge in [0.25, 0.3) is 0 Å². The minimum Gasteiger partial charge on any atom is -0.438 e. The maximum absolute atomic E-state index is 10.7. The van der Waals surface area contributed by atoms with Crippen LogP contribution < -0.4 is 5.73 Å². The standard InChI is InChI=1S/C8H12N2O3S/c9-4-6(11)8(13-7(10)12)2-1-3-14-5-8/h6,11H,1-3,5H2,(H2,10,12). The highest BCUT2D eigenvalue weighted by Gasteiger charge is 2.43. The summed E-state index contributed by atoms with van der Waals surface area (Å²) < 4.78 is 4.88. The first-order valence-corrected chi connectivity index (χ1v) is 5.40. The van der Waals surface area contributed by atoms with Crippen molar-refractivity contribution in [1.29, 1.82) is 5.26 Å². The second-order valence-corrected chi connectivity index (χ2v) is 4.28. The Morgan fingerprint density at radius 3 is 2.93 bits per heavy atom. The minimum atomic E-state index is -1.30. The Hall–Kier alpha value is -0.930. The van der Waals surface area contributed by atoms with Crippen LogP contribution in [0.2, 0.25) is 0 Å². The first-order valence-electron chi connectivity index (χ1n) is 4.24. The van der Waals surface area contributed by atoms with Crippen LogP contribution in [0.25, 0.3) is 0 Å². The molecule has 1 amide bonds. The molecule has 5 nitrogen and oxygen atoms in total. The molecule has 0 saturated carbocycles. The topological polar surface area (TPSA) is 96.3 Å². The molecule has 0 aromatic rings. The third-order valence-electron chi connectivity index (χ3n) is 2.16.